The van der Waals surface area contributed by atoms with Crippen molar-refractivity contribution in [3.8, 4) is 45.6 Å². The zero-order valence-corrected chi connectivity index (χ0v) is 27.4. The third-order valence-electron chi connectivity index (χ3n) is 10.3. The fraction of sp³-hybridized carbons (Fsp3) is 0.457. The Morgan fingerprint density at radius 2 is 1.86 bits per heavy atom. The predicted octanol–water partition coefficient (Wildman–Crippen LogP) is 1.76. The van der Waals surface area contributed by atoms with Gasteiger partial charge in [-0.2, -0.15) is 0 Å². The summed E-state index contributed by atoms with van der Waals surface area (Å²) in [7, 11) is 6.53. The Kier molecular flexibility index (Phi) is 8.29. The number of hydrogen-bond donors (Lipinski definition) is 7. The highest BCUT2D eigenvalue weighted by Gasteiger charge is 2.60. The second-order valence-electron chi connectivity index (χ2n) is 12.9. The number of rotatable bonds is 9. The van der Waals surface area contributed by atoms with E-state index < -0.39 is 47.7 Å². The van der Waals surface area contributed by atoms with Gasteiger partial charge < -0.3 is 64.6 Å². The topological polar surface area (TPSA) is 198 Å². The molecule has 3 aromatic rings. The largest absolute Gasteiger partial charge is 0.508 e. The maximum Gasteiger partial charge on any atom is 0.340 e. The molecule has 0 radical (unpaired) electrons. The molecule has 8 unspecified atom stereocenters. The number of benzene rings is 3. The van der Waals surface area contributed by atoms with Crippen LogP contribution in [0.5, 0.6) is 34.5 Å². The average molecular weight is 681 g/mol. The van der Waals surface area contributed by atoms with Gasteiger partial charge in [-0.05, 0) is 67.9 Å². The first kappa shape index (κ1) is 33.2. The van der Waals surface area contributed by atoms with Crippen LogP contribution in [0, 0.1) is 0 Å². The fourth-order valence-corrected chi connectivity index (χ4v) is 7.95. The van der Waals surface area contributed by atoms with Gasteiger partial charge in [-0.25, -0.2) is 4.79 Å². The van der Waals surface area contributed by atoms with E-state index in [1.807, 2.05) is 19.2 Å². The summed E-state index contributed by atoms with van der Waals surface area (Å²) >= 11 is 0. The lowest BCUT2D eigenvalue weighted by Gasteiger charge is -2.46. The molecule has 3 aromatic carbocycles. The first-order valence-electron chi connectivity index (χ1n) is 16.0. The third kappa shape index (κ3) is 4.88. The number of carboxylic acid groups (broad SMARTS) is 1. The number of nitrogens with one attached hydrogen (secondary N) is 2. The van der Waals surface area contributed by atoms with Crippen LogP contribution in [0.2, 0.25) is 0 Å². The van der Waals surface area contributed by atoms with E-state index in [0.717, 1.165) is 24.0 Å². The number of aliphatic carboxylic acids is 1. The molecule has 3 heterocycles. The Balaban J connectivity index is 1.37. The molecule has 4 aliphatic rings. The van der Waals surface area contributed by atoms with E-state index in [1.54, 1.807) is 44.6 Å². The van der Waals surface area contributed by atoms with Gasteiger partial charge >= 0.3 is 5.97 Å². The molecule has 7 N–H and O–H groups in total. The van der Waals surface area contributed by atoms with Gasteiger partial charge in [0.15, 0.2) is 11.5 Å². The van der Waals surface area contributed by atoms with E-state index in [2.05, 4.69) is 10.6 Å². The van der Waals surface area contributed by atoms with Crippen LogP contribution in [0.25, 0.3) is 11.1 Å². The Morgan fingerprint density at radius 1 is 1.06 bits per heavy atom. The number of fused-ring (bicyclic) bond motifs is 2. The molecule has 3 aliphatic heterocycles. The molecule has 1 fully saturated rings. The van der Waals surface area contributed by atoms with Crippen molar-refractivity contribution in [2.45, 2.75) is 60.6 Å². The molecule has 0 amide bonds. The third-order valence-corrected chi connectivity index (χ3v) is 10.3. The molecule has 1 spiro atoms. The lowest BCUT2D eigenvalue weighted by atomic mass is 9.64. The maximum atomic E-state index is 12.4. The van der Waals surface area contributed by atoms with Crippen molar-refractivity contribution in [2.24, 2.45) is 0 Å². The number of ether oxygens (including phenoxy) is 6. The van der Waals surface area contributed by atoms with Crippen molar-refractivity contribution >= 4 is 5.97 Å². The molecule has 0 aromatic heterocycles. The summed E-state index contributed by atoms with van der Waals surface area (Å²) in [5.74, 6) is 0.558. The number of carboxylic acids is 1. The molecule has 14 heteroatoms. The molecule has 0 saturated carbocycles. The van der Waals surface area contributed by atoms with Crippen molar-refractivity contribution in [3.63, 3.8) is 0 Å². The summed E-state index contributed by atoms with van der Waals surface area (Å²) in [4.78, 5) is 12.4. The predicted molar refractivity (Wildman–Crippen MR) is 172 cm³/mol. The van der Waals surface area contributed by atoms with E-state index in [4.69, 9.17) is 28.4 Å². The molecule has 49 heavy (non-hydrogen) atoms. The summed E-state index contributed by atoms with van der Waals surface area (Å²) in [5, 5.41) is 58.9. The number of aliphatic hydroxyl groups is 3. The van der Waals surface area contributed by atoms with Crippen molar-refractivity contribution < 1.29 is 58.7 Å². The fourth-order valence-electron chi connectivity index (χ4n) is 7.95. The first-order chi connectivity index (χ1) is 23.5. The molecule has 1 aliphatic carbocycles. The van der Waals surface area contributed by atoms with E-state index >= 15 is 0 Å². The maximum absolute atomic E-state index is 12.4. The smallest absolute Gasteiger partial charge is 0.340 e. The van der Waals surface area contributed by atoms with Gasteiger partial charge in [0.1, 0.15) is 48.3 Å². The number of phenols is 1. The monoisotopic (exact) mass is 680 g/mol. The van der Waals surface area contributed by atoms with Crippen LogP contribution < -0.4 is 34.3 Å². The van der Waals surface area contributed by atoms with Crippen molar-refractivity contribution in [2.75, 3.05) is 41.5 Å². The van der Waals surface area contributed by atoms with E-state index in [9.17, 15) is 30.3 Å². The molecule has 8 atom stereocenters. The molecule has 0 bridgehead atoms. The van der Waals surface area contributed by atoms with E-state index in [1.165, 1.54) is 7.05 Å². The van der Waals surface area contributed by atoms with Crippen LogP contribution in [0.4, 0.5) is 0 Å². The second kappa shape index (κ2) is 12.2. The van der Waals surface area contributed by atoms with E-state index in [0.29, 0.717) is 39.7 Å². The molecule has 1 saturated heterocycles. The minimum absolute atomic E-state index is 0.0179. The van der Waals surface area contributed by atoms with Crippen LogP contribution in [0.1, 0.15) is 41.7 Å². The summed E-state index contributed by atoms with van der Waals surface area (Å²) in [6.07, 6.45) is -6.40. The van der Waals surface area contributed by atoms with Crippen LogP contribution >= 0.6 is 0 Å². The summed E-state index contributed by atoms with van der Waals surface area (Å²) < 4.78 is 36.9. The van der Waals surface area contributed by atoms with Crippen LogP contribution in [0.15, 0.2) is 42.5 Å². The summed E-state index contributed by atoms with van der Waals surface area (Å²) in [5.41, 5.74) is 0.954. The zero-order chi connectivity index (χ0) is 34.8. The molecule has 262 valence electrons. The Bertz CT molecular complexity index is 1790. The number of hydrogen-bond acceptors (Lipinski definition) is 13. The highest BCUT2D eigenvalue weighted by Crippen LogP contribution is 2.66. The lowest BCUT2D eigenvalue weighted by molar-refractivity contribution is -0.305. The summed E-state index contributed by atoms with van der Waals surface area (Å²) in [6, 6.07) is 11.9. The van der Waals surface area contributed by atoms with Gasteiger partial charge in [-0.3, -0.25) is 0 Å². The SMILES string of the molecule is CNCC1(C(=O)O)OC(Oc2cc3c(c(-c4cccc(O)c4)c2)C2Oc4c(OC)c(OC)cc5c4C2(CCC5NC)CO3)C(O)C(O)C1O. The van der Waals surface area contributed by atoms with Gasteiger partial charge in [0.05, 0.1) is 19.6 Å². The van der Waals surface area contributed by atoms with Gasteiger partial charge in [-0.1, -0.05) is 12.1 Å². The standard InChI is InChI=1S/C35H40N2O12/c1-36-14-35(33(42)43)30(41)26(39)27(40)32(49-35)47-18-11-19(16-6-5-7-17(38)10-16)24-22(12-18)46-15-34-9-8-21(37-2)20-13-23(44-3)28(45-4)29(25(20)34)48-31(24)34/h5-7,10-13,21,26-27,30-32,36-41H,8-9,14-15H2,1-4H3,(H,42,43). The Hall–Kier alpha value is -4.31. The van der Waals surface area contributed by atoms with Crippen LogP contribution in [-0.4, -0.2) is 103 Å². The van der Waals surface area contributed by atoms with Gasteiger partial charge in [-0.15, -0.1) is 0 Å². The van der Waals surface area contributed by atoms with Crippen LogP contribution in [-0.2, 0) is 14.9 Å². The molecular formula is C35H40N2O12. The molecule has 14 nitrogen and oxygen atoms in total. The number of carbonyl (C=O) groups is 1. The first-order valence-corrected chi connectivity index (χ1v) is 16.0. The number of phenolic OH excluding ortho intramolecular Hbond substituents is 1. The van der Waals surface area contributed by atoms with Crippen molar-refractivity contribution in [1.29, 1.82) is 0 Å². The highest BCUT2D eigenvalue weighted by molar-refractivity contribution is 5.79. The van der Waals surface area contributed by atoms with Crippen molar-refractivity contribution in [1.82, 2.24) is 10.6 Å². The minimum atomic E-state index is -2.32. The van der Waals surface area contributed by atoms with Gasteiger partial charge in [0, 0.05) is 29.8 Å². The zero-order valence-electron chi connectivity index (χ0n) is 27.4. The number of aliphatic hydroxyl groups excluding tert-OH is 3. The summed E-state index contributed by atoms with van der Waals surface area (Å²) in [6.45, 7) is -0.140. The normalized spacial score (nSPS) is 31.0. The Labute approximate surface area is 282 Å². The number of likely N-dealkylation sites (N-methyl/N-ethyl adjacent to an activating group) is 1. The minimum Gasteiger partial charge on any atom is -0.508 e. The Morgan fingerprint density at radius 3 is 2.53 bits per heavy atom. The second-order valence-corrected chi connectivity index (χ2v) is 12.9. The molecular weight excluding hydrogens is 640 g/mol. The van der Waals surface area contributed by atoms with Crippen molar-refractivity contribution in [3.05, 3.63) is 59.2 Å². The lowest BCUT2D eigenvalue weighted by Crippen LogP contribution is -2.71. The van der Waals surface area contributed by atoms with Gasteiger partial charge in [0.2, 0.25) is 17.6 Å². The van der Waals surface area contributed by atoms with E-state index in [-0.39, 0.29) is 30.7 Å². The number of aromatic hydroxyl groups is 1. The molecule has 7 rings (SSSR count). The average Bonchev–Trinajstić information content (AvgIpc) is 3.45. The number of methoxy groups -OCH3 is 2. The quantitative estimate of drug-likeness (QED) is 0.173. The van der Waals surface area contributed by atoms with Gasteiger partial charge in [0.25, 0.3) is 0 Å². The van der Waals surface area contributed by atoms with Crippen LogP contribution in [0.3, 0.4) is 0 Å². The highest BCUT2D eigenvalue weighted by atomic mass is 16.7.